The molecule has 1 aliphatic rings. The summed E-state index contributed by atoms with van der Waals surface area (Å²) >= 11 is 0. The predicted molar refractivity (Wildman–Crippen MR) is 211 cm³/mol. The van der Waals surface area contributed by atoms with E-state index < -0.39 is 6.17 Å². The van der Waals surface area contributed by atoms with Gasteiger partial charge < -0.3 is 9.73 Å². The summed E-state index contributed by atoms with van der Waals surface area (Å²) in [7, 11) is 0. The van der Waals surface area contributed by atoms with Crippen LogP contribution in [0.2, 0.25) is 0 Å². The fourth-order valence-electron chi connectivity index (χ4n) is 7.39. The number of rotatable bonds is 5. The van der Waals surface area contributed by atoms with E-state index in [-0.39, 0.29) is 0 Å². The topological polar surface area (TPSA) is 49.9 Å². The van der Waals surface area contributed by atoms with Crippen LogP contribution in [0.5, 0.6) is 0 Å². The van der Waals surface area contributed by atoms with Crippen molar-refractivity contribution in [1.29, 1.82) is 0 Å². The molecule has 4 nitrogen and oxygen atoms in total. The van der Waals surface area contributed by atoms with Crippen LogP contribution >= 0.6 is 0 Å². The van der Waals surface area contributed by atoms with Gasteiger partial charge in [-0.25, -0.2) is 9.98 Å². The standard InChI is InChI=1S/C47H31N3O/c1-3-11-31(12-4-1)38-27-28-40(43-39-17-9-10-18-42(39)51-44(38)43)47-49-45(34-14-5-2-6-15-34)48-46(50-47)35-24-19-30(20-25-35)36-26-23-33-22-21-32-13-7-8-16-37(32)41(33)29-36/h1-29,47H,(H,48,49,50). The van der Waals surface area contributed by atoms with Gasteiger partial charge in [-0.2, -0.15) is 0 Å². The first-order chi connectivity index (χ1) is 25.3. The Balaban J connectivity index is 1.09. The minimum absolute atomic E-state index is 0.488. The van der Waals surface area contributed by atoms with Crippen molar-refractivity contribution in [2.24, 2.45) is 9.98 Å². The van der Waals surface area contributed by atoms with E-state index in [1.165, 1.54) is 27.1 Å². The van der Waals surface area contributed by atoms with Crippen LogP contribution < -0.4 is 5.32 Å². The van der Waals surface area contributed by atoms with Gasteiger partial charge in [0.15, 0.2) is 6.17 Å². The number of nitrogens with one attached hydrogen (secondary N) is 1. The molecule has 1 atom stereocenters. The van der Waals surface area contributed by atoms with Crippen LogP contribution in [0.1, 0.15) is 22.9 Å². The van der Waals surface area contributed by atoms with Crippen LogP contribution in [-0.4, -0.2) is 11.7 Å². The molecule has 1 aromatic heterocycles. The number of furan rings is 1. The molecule has 0 aliphatic carbocycles. The van der Waals surface area contributed by atoms with Gasteiger partial charge >= 0.3 is 0 Å². The van der Waals surface area contributed by atoms with Gasteiger partial charge in [0.2, 0.25) is 0 Å². The highest BCUT2D eigenvalue weighted by molar-refractivity contribution is 6.17. The first-order valence-corrected chi connectivity index (χ1v) is 17.3. The van der Waals surface area contributed by atoms with Gasteiger partial charge in [-0.3, -0.25) is 0 Å². The Morgan fingerprint density at radius 1 is 0.431 bits per heavy atom. The second-order valence-electron chi connectivity index (χ2n) is 13.0. The number of fused-ring (bicyclic) bond motifs is 6. The number of hydrogen-bond acceptors (Lipinski definition) is 4. The zero-order valence-electron chi connectivity index (χ0n) is 27.6. The van der Waals surface area contributed by atoms with Crippen molar-refractivity contribution in [2.45, 2.75) is 6.17 Å². The number of aliphatic imine (C=N–C) groups is 2. The van der Waals surface area contributed by atoms with Crippen LogP contribution in [0.3, 0.4) is 0 Å². The zero-order valence-corrected chi connectivity index (χ0v) is 27.6. The Labute approximate surface area is 295 Å². The number of benzene rings is 8. The molecular formula is C47H31N3O. The summed E-state index contributed by atoms with van der Waals surface area (Å²) in [6.07, 6.45) is -0.488. The summed E-state index contributed by atoms with van der Waals surface area (Å²) in [5.41, 5.74) is 9.18. The van der Waals surface area contributed by atoms with Crippen molar-refractivity contribution in [3.05, 3.63) is 193 Å². The Bertz CT molecular complexity index is 2820. The van der Waals surface area contributed by atoms with Crippen LogP contribution in [-0.2, 0) is 0 Å². The molecule has 0 spiro atoms. The summed E-state index contributed by atoms with van der Waals surface area (Å²) in [6.45, 7) is 0. The lowest BCUT2D eigenvalue weighted by atomic mass is 9.96. The molecule has 0 radical (unpaired) electrons. The number of hydrogen-bond donors (Lipinski definition) is 1. The summed E-state index contributed by atoms with van der Waals surface area (Å²) in [6, 6.07) is 61.6. The van der Waals surface area contributed by atoms with Crippen molar-refractivity contribution in [2.75, 3.05) is 0 Å². The first kappa shape index (κ1) is 29.2. The summed E-state index contributed by atoms with van der Waals surface area (Å²) < 4.78 is 6.59. The summed E-state index contributed by atoms with van der Waals surface area (Å²) in [5, 5.41) is 10.7. The summed E-state index contributed by atoms with van der Waals surface area (Å²) in [4.78, 5) is 10.5. The van der Waals surface area contributed by atoms with Gasteiger partial charge in [-0.1, -0.05) is 164 Å². The Morgan fingerprint density at radius 2 is 1.00 bits per heavy atom. The van der Waals surface area contributed by atoms with Gasteiger partial charge in [-0.15, -0.1) is 0 Å². The van der Waals surface area contributed by atoms with E-state index in [9.17, 15) is 0 Å². The van der Waals surface area contributed by atoms with Crippen molar-refractivity contribution >= 4 is 55.2 Å². The highest BCUT2D eigenvalue weighted by atomic mass is 16.3. The second kappa shape index (κ2) is 12.0. The third-order valence-corrected chi connectivity index (χ3v) is 9.95. The molecule has 0 fully saturated rings. The molecule has 10 rings (SSSR count). The summed E-state index contributed by atoms with van der Waals surface area (Å²) in [5.74, 6) is 1.56. The van der Waals surface area contributed by atoms with E-state index in [1.807, 2.05) is 36.4 Å². The Morgan fingerprint density at radius 3 is 1.76 bits per heavy atom. The SMILES string of the molecule is c1ccc(C2=NC(c3ccc(-c4ccccc4)c4oc5ccccc5c34)N=C(c3ccc(-c4ccc5ccc6ccccc6c5c4)cc3)N2)cc1. The maximum absolute atomic E-state index is 6.59. The molecule has 8 aromatic carbocycles. The minimum Gasteiger partial charge on any atom is -0.455 e. The lowest BCUT2D eigenvalue weighted by Gasteiger charge is -2.23. The first-order valence-electron chi connectivity index (χ1n) is 17.3. The third-order valence-electron chi connectivity index (χ3n) is 9.95. The van der Waals surface area contributed by atoms with Crippen molar-refractivity contribution in [3.8, 4) is 22.3 Å². The van der Waals surface area contributed by atoms with Crippen molar-refractivity contribution < 1.29 is 4.42 Å². The predicted octanol–water partition coefficient (Wildman–Crippen LogP) is 11.7. The minimum atomic E-state index is -0.488. The van der Waals surface area contributed by atoms with E-state index in [0.29, 0.717) is 0 Å². The maximum atomic E-state index is 6.59. The highest BCUT2D eigenvalue weighted by Gasteiger charge is 2.25. The molecule has 9 aromatic rings. The molecular weight excluding hydrogens is 623 g/mol. The van der Waals surface area contributed by atoms with Gasteiger partial charge in [0, 0.05) is 33.0 Å². The molecule has 1 unspecified atom stereocenters. The smallest absolute Gasteiger partial charge is 0.170 e. The third kappa shape index (κ3) is 5.08. The number of nitrogens with zero attached hydrogens (tertiary/aromatic N) is 2. The molecule has 1 aliphatic heterocycles. The van der Waals surface area contributed by atoms with E-state index in [4.69, 9.17) is 14.4 Å². The van der Waals surface area contributed by atoms with E-state index in [0.717, 1.165) is 67.0 Å². The Kier molecular flexibility index (Phi) is 6.85. The van der Waals surface area contributed by atoms with Crippen molar-refractivity contribution in [1.82, 2.24) is 5.32 Å². The number of amidine groups is 2. The Hall–Kier alpha value is -6.78. The molecule has 51 heavy (non-hydrogen) atoms. The fourth-order valence-corrected chi connectivity index (χ4v) is 7.39. The zero-order chi connectivity index (χ0) is 33.7. The average Bonchev–Trinajstić information content (AvgIpc) is 3.61. The molecule has 0 amide bonds. The van der Waals surface area contributed by atoms with Crippen LogP contribution in [0.25, 0.3) is 65.7 Å². The largest absolute Gasteiger partial charge is 0.455 e. The lowest BCUT2D eigenvalue weighted by molar-refractivity contribution is 0.668. The molecule has 0 saturated heterocycles. The molecule has 1 N–H and O–H groups in total. The van der Waals surface area contributed by atoms with E-state index >= 15 is 0 Å². The molecule has 0 bridgehead atoms. The van der Waals surface area contributed by atoms with Crippen LogP contribution in [0, 0.1) is 0 Å². The molecule has 240 valence electrons. The van der Waals surface area contributed by atoms with E-state index in [1.54, 1.807) is 0 Å². The van der Waals surface area contributed by atoms with Gasteiger partial charge in [0.1, 0.15) is 22.8 Å². The van der Waals surface area contributed by atoms with E-state index in [2.05, 4.69) is 145 Å². The van der Waals surface area contributed by atoms with Crippen LogP contribution in [0.4, 0.5) is 0 Å². The normalized spacial score (nSPS) is 14.5. The highest BCUT2D eigenvalue weighted by Crippen LogP contribution is 2.41. The van der Waals surface area contributed by atoms with Crippen molar-refractivity contribution in [3.63, 3.8) is 0 Å². The quantitative estimate of drug-likeness (QED) is 0.188. The van der Waals surface area contributed by atoms with Gasteiger partial charge in [0.05, 0.1) is 0 Å². The van der Waals surface area contributed by atoms with Gasteiger partial charge in [0.25, 0.3) is 0 Å². The second-order valence-corrected chi connectivity index (χ2v) is 13.0. The molecule has 4 heteroatoms. The number of para-hydroxylation sites is 1. The van der Waals surface area contributed by atoms with Gasteiger partial charge in [-0.05, 0) is 50.4 Å². The molecule has 0 saturated carbocycles. The average molecular weight is 654 g/mol. The lowest BCUT2D eigenvalue weighted by Crippen LogP contribution is -2.36. The monoisotopic (exact) mass is 653 g/mol. The molecule has 2 heterocycles. The van der Waals surface area contributed by atoms with Crippen LogP contribution in [0.15, 0.2) is 190 Å². The fraction of sp³-hybridized carbons (Fsp3) is 0.0213. The maximum Gasteiger partial charge on any atom is 0.170 e.